The third-order valence-corrected chi connectivity index (χ3v) is 4.22. The maximum atomic E-state index is 5.88. The van der Waals surface area contributed by atoms with Crippen LogP contribution in [0.3, 0.4) is 0 Å². The SMILES string of the molecule is Cn1c(C(C)(C)C)nc2cc(C3CC(N)C3)ccc21. The fraction of sp³-hybridized carbons (Fsp3) is 0.562. The van der Waals surface area contributed by atoms with E-state index in [0.717, 1.165) is 24.2 Å². The summed E-state index contributed by atoms with van der Waals surface area (Å²) in [4.78, 5) is 4.84. The number of fused-ring (bicyclic) bond motifs is 1. The van der Waals surface area contributed by atoms with Gasteiger partial charge in [-0.1, -0.05) is 26.8 Å². The average Bonchev–Trinajstić information content (AvgIpc) is 2.62. The number of hydrogen-bond donors (Lipinski definition) is 1. The highest BCUT2D eigenvalue weighted by molar-refractivity contribution is 5.77. The fourth-order valence-corrected chi connectivity index (χ4v) is 3.08. The van der Waals surface area contributed by atoms with Crippen molar-refractivity contribution in [2.75, 3.05) is 0 Å². The molecule has 0 radical (unpaired) electrons. The molecule has 0 amide bonds. The maximum Gasteiger partial charge on any atom is 0.115 e. The molecule has 0 unspecified atom stereocenters. The van der Waals surface area contributed by atoms with Gasteiger partial charge < -0.3 is 10.3 Å². The van der Waals surface area contributed by atoms with Gasteiger partial charge in [-0.05, 0) is 36.5 Å². The largest absolute Gasteiger partial charge is 0.331 e. The topological polar surface area (TPSA) is 43.8 Å². The lowest BCUT2D eigenvalue weighted by Gasteiger charge is -2.32. The number of aromatic nitrogens is 2. The summed E-state index contributed by atoms with van der Waals surface area (Å²) in [5, 5.41) is 0. The van der Waals surface area contributed by atoms with Gasteiger partial charge in [0, 0.05) is 18.5 Å². The second-order valence-electron chi connectivity index (χ2n) is 6.92. The Bertz CT molecular complexity index is 613. The molecule has 0 bridgehead atoms. The van der Waals surface area contributed by atoms with Crippen molar-refractivity contribution in [2.45, 2.75) is 51.0 Å². The monoisotopic (exact) mass is 257 g/mol. The Hall–Kier alpha value is -1.35. The van der Waals surface area contributed by atoms with Gasteiger partial charge in [0.25, 0.3) is 0 Å². The van der Waals surface area contributed by atoms with E-state index in [1.54, 1.807) is 0 Å². The number of nitrogens with zero attached hydrogens (tertiary/aromatic N) is 2. The Morgan fingerprint density at radius 2 is 1.95 bits per heavy atom. The molecule has 0 saturated heterocycles. The molecule has 1 aromatic carbocycles. The fourth-order valence-electron chi connectivity index (χ4n) is 3.08. The van der Waals surface area contributed by atoms with Crippen molar-refractivity contribution in [3.05, 3.63) is 29.6 Å². The Balaban J connectivity index is 2.04. The van der Waals surface area contributed by atoms with Gasteiger partial charge in [-0.3, -0.25) is 0 Å². The Morgan fingerprint density at radius 1 is 1.26 bits per heavy atom. The quantitative estimate of drug-likeness (QED) is 0.853. The van der Waals surface area contributed by atoms with Gasteiger partial charge in [0.15, 0.2) is 0 Å². The van der Waals surface area contributed by atoms with Crippen LogP contribution in [0, 0.1) is 0 Å². The van der Waals surface area contributed by atoms with Crippen molar-refractivity contribution in [1.82, 2.24) is 9.55 Å². The minimum Gasteiger partial charge on any atom is -0.331 e. The molecule has 102 valence electrons. The van der Waals surface area contributed by atoms with Gasteiger partial charge in [0.2, 0.25) is 0 Å². The number of nitrogens with two attached hydrogens (primary N) is 1. The van der Waals surface area contributed by atoms with Crippen LogP contribution in [0.4, 0.5) is 0 Å². The molecule has 19 heavy (non-hydrogen) atoms. The number of imidazole rings is 1. The van der Waals surface area contributed by atoms with E-state index in [4.69, 9.17) is 10.7 Å². The first kappa shape index (κ1) is 12.7. The molecule has 0 spiro atoms. The van der Waals surface area contributed by atoms with E-state index in [-0.39, 0.29) is 5.41 Å². The third-order valence-electron chi connectivity index (χ3n) is 4.22. The van der Waals surface area contributed by atoms with Crippen LogP contribution in [0.15, 0.2) is 18.2 Å². The highest BCUT2D eigenvalue weighted by Gasteiger charge is 2.28. The van der Waals surface area contributed by atoms with E-state index in [1.807, 2.05) is 0 Å². The second-order valence-corrected chi connectivity index (χ2v) is 6.92. The molecule has 1 heterocycles. The minimum absolute atomic E-state index is 0.0761. The van der Waals surface area contributed by atoms with E-state index >= 15 is 0 Å². The lowest BCUT2D eigenvalue weighted by molar-refractivity contribution is 0.352. The zero-order valence-corrected chi connectivity index (χ0v) is 12.3. The summed E-state index contributed by atoms with van der Waals surface area (Å²) in [5.74, 6) is 1.78. The van der Waals surface area contributed by atoms with Crippen molar-refractivity contribution in [1.29, 1.82) is 0 Å². The molecule has 1 aromatic heterocycles. The van der Waals surface area contributed by atoms with E-state index in [2.05, 4.69) is 50.6 Å². The van der Waals surface area contributed by atoms with Crippen molar-refractivity contribution in [3.63, 3.8) is 0 Å². The molecule has 2 N–H and O–H groups in total. The minimum atomic E-state index is 0.0761. The highest BCUT2D eigenvalue weighted by atomic mass is 15.1. The van der Waals surface area contributed by atoms with Crippen LogP contribution in [0.5, 0.6) is 0 Å². The molecule has 1 aliphatic carbocycles. The smallest absolute Gasteiger partial charge is 0.115 e. The predicted molar refractivity (Wildman–Crippen MR) is 79.4 cm³/mol. The van der Waals surface area contributed by atoms with Gasteiger partial charge in [0.1, 0.15) is 5.82 Å². The van der Waals surface area contributed by atoms with E-state index in [0.29, 0.717) is 12.0 Å². The molecular formula is C16H23N3. The van der Waals surface area contributed by atoms with Gasteiger partial charge >= 0.3 is 0 Å². The van der Waals surface area contributed by atoms with Crippen LogP contribution < -0.4 is 5.73 Å². The third kappa shape index (κ3) is 2.06. The summed E-state index contributed by atoms with van der Waals surface area (Å²) < 4.78 is 2.21. The normalized spacial score (nSPS) is 23.6. The molecular weight excluding hydrogens is 234 g/mol. The van der Waals surface area contributed by atoms with Crippen LogP contribution in [-0.4, -0.2) is 15.6 Å². The number of aryl methyl sites for hydroxylation is 1. The summed E-state index contributed by atoms with van der Waals surface area (Å²) in [5.41, 5.74) is 9.69. The molecule has 3 nitrogen and oxygen atoms in total. The molecule has 3 heteroatoms. The molecule has 2 aromatic rings. The standard InChI is InChI=1S/C16H23N3/c1-16(2,3)15-18-13-9-10(11-7-12(17)8-11)5-6-14(13)19(15)4/h5-6,9,11-12H,7-8,17H2,1-4H3. The first-order valence-corrected chi connectivity index (χ1v) is 7.08. The predicted octanol–water partition coefficient (Wildman–Crippen LogP) is 3.08. The lowest BCUT2D eigenvalue weighted by Crippen LogP contribution is -2.34. The van der Waals surface area contributed by atoms with Crippen molar-refractivity contribution in [2.24, 2.45) is 12.8 Å². The highest BCUT2D eigenvalue weighted by Crippen LogP contribution is 2.37. The van der Waals surface area contributed by atoms with Gasteiger partial charge in [-0.15, -0.1) is 0 Å². The van der Waals surface area contributed by atoms with E-state index in [1.165, 1.54) is 11.1 Å². The number of benzene rings is 1. The second kappa shape index (κ2) is 4.07. The summed E-state index contributed by atoms with van der Waals surface area (Å²) in [6.07, 6.45) is 2.23. The number of rotatable bonds is 1. The van der Waals surface area contributed by atoms with Gasteiger partial charge in [-0.2, -0.15) is 0 Å². The zero-order valence-electron chi connectivity index (χ0n) is 12.3. The number of hydrogen-bond acceptors (Lipinski definition) is 2. The van der Waals surface area contributed by atoms with Crippen LogP contribution >= 0.6 is 0 Å². The Labute approximate surface area is 114 Å². The summed E-state index contributed by atoms with van der Waals surface area (Å²) in [6, 6.07) is 7.10. The molecule has 0 aliphatic heterocycles. The summed E-state index contributed by atoms with van der Waals surface area (Å²) in [6.45, 7) is 6.63. The van der Waals surface area contributed by atoms with E-state index < -0.39 is 0 Å². The molecule has 1 fully saturated rings. The van der Waals surface area contributed by atoms with Gasteiger partial charge in [-0.25, -0.2) is 4.98 Å². The van der Waals surface area contributed by atoms with Crippen LogP contribution in [0.1, 0.15) is 50.9 Å². The van der Waals surface area contributed by atoms with Crippen LogP contribution in [0.25, 0.3) is 11.0 Å². The Morgan fingerprint density at radius 3 is 2.53 bits per heavy atom. The lowest BCUT2D eigenvalue weighted by atomic mass is 9.76. The van der Waals surface area contributed by atoms with Crippen molar-refractivity contribution in [3.8, 4) is 0 Å². The van der Waals surface area contributed by atoms with Crippen LogP contribution in [-0.2, 0) is 12.5 Å². The molecule has 1 aliphatic rings. The summed E-state index contributed by atoms with van der Waals surface area (Å²) in [7, 11) is 2.11. The molecule has 0 atom stereocenters. The average molecular weight is 257 g/mol. The molecule has 1 saturated carbocycles. The maximum absolute atomic E-state index is 5.88. The zero-order chi connectivity index (χ0) is 13.8. The first-order valence-electron chi connectivity index (χ1n) is 7.08. The summed E-state index contributed by atoms with van der Waals surface area (Å²) >= 11 is 0. The molecule has 3 rings (SSSR count). The van der Waals surface area contributed by atoms with E-state index in [9.17, 15) is 0 Å². The van der Waals surface area contributed by atoms with Crippen molar-refractivity contribution < 1.29 is 0 Å². The van der Waals surface area contributed by atoms with Crippen molar-refractivity contribution >= 4 is 11.0 Å². The van der Waals surface area contributed by atoms with Crippen LogP contribution in [0.2, 0.25) is 0 Å². The van der Waals surface area contributed by atoms with Gasteiger partial charge in [0.05, 0.1) is 11.0 Å². The first-order chi connectivity index (χ1) is 8.86. The Kier molecular flexibility index (Phi) is 2.72.